The van der Waals surface area contributed by atoms with E-state index in [9.17, 15) is 0 Å². The van der Waals surface area contributed by atoms with E-state index < -0.39 is 0 Å². The predicted molar refractivity (Wildman–Crippen MR) is 571 cm³/mol. The van der Waals surface area contributed by atoms with Gasteiger partial charge in [0.2, 0.25) is 0 Å². The molecule has 0 saturated heterocycles. The van der Waals surface area contributed by atoms with E-state index in [1.807, 2.05) is 12.2 Å². The highest BCUT2D eigenvalue weighted by Gasteiger charge is 2.60. The van der Waals surface area contributed by atoms with Gasteiger partial charge in [-0.2, -0.15) is 0 Å². The lowest BCUT2D eigenvalue weighted by molar-refractivity contribution is -0.0282. The van der Waals surface area contributed by atoms with Crippen molar-refractivity contribution in [2.45, 2.75) is 209 Å². The molecule has 4 unspecified atom stereocenters. The molecule has 4 atom stereocenters. The molecule has 15 aromatic carbocycles. The molecular weight excluding hydrogens is 1630 g/mol. The Morgan fingerprint density at radius 3 is 0.956 bits per heavy atom. The van der Waals surface area contributed by atoms with Gasteiger partial charge >= 0.3 is 0 Å². The molecule has 0 aliphatic heterocycles. The molecule has 26 rings (SSSR count). The van der Waals surface area contributed by atoms with Crippen molar-refractivity contribution in [2.75, 3.05) is 19.6 Å². The Hall–Kier alpha value is -13.0. The van der Waals surface area contributed by atoms with Crippen LogP contribution in [-0.2, 0) is 58.2 Å². The van der Waals surface area contributed by atoms with E-state index in [0.717, 1.165) is 70.6 Å². The number of hydrogen-bond acceptors (Lipinski definition) is 4. The molecular formula is C131H128N4. The molecule has 0 radical (unpaired) electrons. The molecule has 0 heterocycles. The van der Waals surface area contributed by atoms with E-state index in [0.29, 0.717) is 0 Å². The van der Waals surface area contributed by atoms with Gasteiger partial charge in [0.1, 0.15) is 0 Å². The van der Waals surface area contributed by atoms with E-state index in [1.165, 1.54) is 255 Å². The minimum atomic E-state index is -0.153. The predicted octanol–water partition coefficient (Wildman–Crippen LogP) is 35.5. The zero-order valence-electron chi connectivity index (χ0n) is 80.2. The van der Waals surface area contributed by atoms with Gasteiger partial charge in [-0.15, -0.1) is 0 Å². The van der Waals surface area contributed by atoms with Crippen LogP contribution in [0.15, 0.2) is 359 Å². The standard InChI is InChI=1S/C69H66N2.C62H62N2/c1-5-7-11-48-16-27-58(28-17-48)70(59-29-25-56(26-30-59)69-44-49-38-50(45-69)43-68(42-49,46-69)55-23-14-47(6-2)15-24-55)60-31-33-61(34-32-60)71(57-12-9-8-10-13-57)62-35-37-64-63-36-22-54(40-65(63)67(3,4)66(64)41-62)53-21-19-51-18-20-52(51)39-53;1-6-8-11-45-18-26-51(27-19-45)63(52-28-22-49(23-29-52)62-40-46-36-47(41-62)39-61(38-46,42-62)48-20-16-44(7-2)17-21-48)53-30-32-54(33-31-53)64(50-24-14-43(3)15-25-50)55-34-35-57-56-12-9-10-13-58(56)60(4,5)59(57)37-55/h6,8-10,12-17,19,21-37,39-41,49-50H,2,5,7,11,18,20,38,42-46H2,1,3-4H3;7,9-10,12-35,37,46-47H,2,6,8,11,36,38-42H2,1,3-5H3. The fourth-order valence-electron chi connectivity index (χ4n) is 27.9. The molecule has 4 nitrogen and oxygen atoms in total. The zero-order valence-corrected chi connectivity index (χ0v) is 80.2. The Labute approximate surface area is 803 Å². The average molecular weight is 1760 g/mol. The number of anilines is 12. The summed E-state index contributed by atoms with van der Waals surface area (Å²) in [5.41, 5.74) is 44.1. The molecule has 8 fully saturated rings. The first-order valence-corrected chi connectivity index (χ1v) is 50.9. The number of aryl methyl sites for hydroxylation is 5. The molecule has 4 heteroatoms. The molecule has 0 N–H and O–H groups in total. The van der Waals surface area contributed by atoms with Gasteiger partial charge in [-0.05, 0) is 431 Å². The molecule has 0 amide bonds. The van der Waals surface area contributed by atoms with Gasteiger partial charge in [-0.3, -0.25) is 0 Å². The van der Waals surface area contributed by atoms with Crippen molar-refractivity contribution in [1.82, 2.24) is 0 Å². The minimum absolute atomic E-state index is 0.0816. The largest absolute Gasteiger partial charge is 0.311 e. The Morgan fingerprint density at radius 2 is 0.578 bits per heavy atom. The highest BCUT2D eigenvalue weighted by atomic mass is 15.2. The second-order valence-electron chi connectivity index (χ2n) is 43.4. The first kappa shape index (κ1) is 86.1. The first-order chi connectivity index (χ1) is 65.8. The van der Waals surface area contributed by atoms with Crippen LogP contribution < -0.4 is 19.6 Å². The number of rotatable bonds is 25. The maximum Gasteiger partial charge on any atom is 0.0465 e. The minimum Gasteiger partial charge on any atom is -0.311 e. The summed E-state index contributed by atoms with van der Waals surface area (Å²) in [5.74, 6) is 3.21. The lowest BCUT2D eigenvalue weighted by Crippen LogP contribution is -2.55. The Kier molecular flexibility index (Phi) is 21.9. The fraction of sp³-hybridized carbons (Fsp3) is 0.282. The van der Waals surface area contributed by atoms with Crippen LogP contribution in [0, 0.1) is 30.6 Å². The summed E-state index contributed by atoms with van der Waals surface area (Å²) in [6.07, 6.45) is 29.4. The highest BCUT2D eigenvalue weighted by molar-refractivity contribution is 5.90. The summed E-state index contributed by atoms with van der Waals surface area (Å²) in [6.45, 7) is 24.3. The van der Waals surface area contributed by atoms with Gasteiger partial charge in [0.25, 0.3) is 0 Å². The van der Waals surface area contributed by atoms with E-state index in [-0.39, 0.29) is 32.5 Å². The third kappa shape index (κ3) is 15.4. The van der Waals surface area contributed by atoms with E-state index in [4.69, 9.17) is 0 Å². The highest BCUT2D eigenvalue weighted by Crippen LogP contribution is 2.69. The van der Waals surface area contributed by atoms with Crippen LogP contribution in [0.1, 0.15) is 228 Å². The van der Waals surface area contributed by atoms with Gasteiger partial charge in [0.15, 0.2) is 0 Å². The quantitative estimate of drug-likeness (QED) is 0.0565. The van der Waals surface area contributed by atoms with Gasteiger partial charge in [-0.1, -0.05) is 279 Å². The summed E-state index contributed by atoms with van der Waals surface area (Å²) in [6, 6.07) is 133. The van der Waals surface area contributed by atoms with Gasteiger partial charge in [0.05, 0.1) is 0 Å². The number of nitrogens with zero attached hydrogens (tertiary/aromatic N) is 4. The van der Waals surface area contributed by atoms with E-state index >= 15 is 0 Å². The van der Waals surface area contributed by atoms with Gasteiger partial charge < -0.3 is 19.6 Å². The maximum absolute atomic E-state index is 4.04. The average Bonchev–Trinajstić information content (AvgIpc) is 1.66. The zero-order chi connectivity index (χ0) is 91.5. The molecule has 11 aliphatic carbocycles. The summed E-state index contributed by atoms with van der Waals surface area (Å²) in [4.78, 5) is 9.79. The van der Waals surface area contributed by atoms with Crippen LogP contribution in [0.4, 0.5) is 68.2 Å². The molecule has 0 aromatic heterocycles. The second-order valence-corrected chi connectivity index (χ2v) is 43.4. The molecule has 135 heavy (non-hydrogen) atoms. The summed E-state index contributed by atoms with van der Waals surface area (Å²) in [5, 5.41) is 0. The molecule has 0 spiro atoms. The third-order valence-corrected chi connectivity index (χ3v) is 34.1. The molecule has 672 valence electrons. The van der Waals surface area contributed by atoms with Crippen molar-refractivity contribution in [3.8, 4) is 33.4 Å². The van der Waals surface area contributed by atoms with Crippen LogP contribution in [0.25, 0.3) is 45.5 Å². The Bertz CT molecular complexity index is 6910. The molecule has 15 aromatic rings. The van der Waals surface area contributed by atoms with Crippen molar-refractivity contribution in [3.63, 3.8) is 0 Å². The lowest BCUT2D eigenvalue weighted by atomic mass is 9.41. The summed E-state index contributed by atoms with van der Waals surface area (Å²) in [7, 11) is 0. The van der Waals surface area contributed by atoms with E-state index in [1.54, 1.807) is 11.1 Å². The summed E-state index contributed by atoms with van der Waals surface area (Å²) < 4.78 is 0. The third-order valence-electron chi connectivity index (χ3n) is 34.1. The van der Waals surface area contributed by atoms with Crippen molar-refractivity contribution in [2.24, 2.45) is 23.7 Å². The monoisotopic (exact) mass is 1760 g/mol. The SMILES string of the molecule is C=Cc1ccc(C23CC4CC(C2)CC(c2ccc(N(c5ccc(CCCC)cc5)c5ccc(N(c6ccc(C)cc6)c6ccc7c(c6)C(C)(C)c6ccccc6-7)cc5)cc2)(C4)C3)cc1.C=Cc1ccc(C23CC4CC(C2)CC(c2ccc(N(c5ccc(CCCC)cc5)c5ccc(N(c6ccccc6)c6ccc7c(c6)C(C)(C)c6cc(-c8ccc9c(c8)CC9)ccc6-7)cc5)cc2)(C4)C3)cc1. The van der Waals surface area contributed by atoms with Crippen LogP contribution in [0.5, 0.6) is 0 Å². The number of fused-ring (bicyclic) bond motifs is 7. The lowest BCUT2D eigenvalue weighted by Gasteiger charge is -2.63. The van der Waals surface area contributed by atoms with Crippen molar-refractivity contribution in [1.29, 1.82) is 0 Å². The Morgan fingerprint density at radius 1 is 0.281 bits per heavy atom. The normalized spacial score (nSPS) is 21.9. The van der Waals surface area contributed by atoms with Gasteiger partial charge in [0, 0.05) is 79.1 Å². The summed E-state index contributed by atoms with van der Waals surface area (Å²) >= 11 is 0. The second kappa shape index (κ2) is 34.4. The van der Waals surface area contributed by atoms with Crippen molar-refractivity contribution >= 4 is 80.4 Å². The molecule has 8 saturated carbocycles. The van der Waals surface area contributed by atoms with Crippen molar-refractivity contribution in [3.05, 3.63) is 442 Å². The topological polar surface area (TPSA) is 13.0 Å². The molecule has 11 aliphatic rings. The van der Waals surface area contributed by atoms with E-state index in [2.05, 4.69) is 427 Å². The van der Waals surface area contributed by atoms with Crippen LogP contribution in [0.2, 0.25) is 0 Å². The van der Waals surface area contributed by atoms with Crippen LogP contribution in [0.3, 0.4) is 0 Å². The number of unbranched alkanes of at least 4 members (excludes halogenated alkanes) is 2. The smallest absolute Gasteiger partial charge is 0.0465 e. The first-order valence-electron chi connectivity index (χ1n) is 50.9. The number of para-hydroxylation sites is 1. The Balaban J connectivity index is 0.000000153. The van der Waals surface area contributed by atoms with Gasteiger partial charge in [-0.25, -0.2) is 0 Å². The maximum atomic E-state index is 4.04. The van der Waals surface area contributed by atoms with Crippen LogP contribution in [-0.4, -0.2) is 0 Å². The van der Waals surface area contributed by atoms with Crippen molar-refractivity contribution < 1.29 is 0 Å². The molecule has 8 bridgehead atoms. The number of hydrogen-bond donors (Lipinski definition) is 0. The fourth-order valence-corrected chi connectivity index (χ4v) is 27.9. The van der Waals surface area contributed by atoms with Crippen LogP contribution >= 0.6 is 0 Å². The number of benzene rings is 15.